The number of carbonyl (C=O) groups is 1. The molecule has 1 aliphatic carbocycles. The Balaban J connectivity index is 1.32. The fraction of sp³-hybridized carbons (Fsp3) is 0.500. The number of nitrogens with zero attached hydrogens (tertiary/aromatic N) is 5. The van der Waals surface area contributed by atoms with Gasteiger partial charge in [0.05, 0.1) is 12.2 Å². The lowest BCUT2D eigenvalue weighted by molar-refractivity contribution is 0.0981. The lowest BCUT2D eigenvalue weighted by atomic mass is 10.0. The minimum atomic E-state index is -4.24. The molecule has 1 saturated carbocycles. The summed E-state index contributed by atoms with van der Waals surface area (Å²) in [5.41, 5.74) is 0.127. The highest BCUT2D eigenvalue weighted by atomic mass is 127. The number of hydrogen-bond donors (Lipinski definition) is 3. The van der Waals surface area contributed by atoms with Gasteiger partial charge in [-0.2, -0.15) is 8.42 Å². The van der Waals surface area contributed by atoms with E-state index in [-0.39, 0.29) is 10.6 Å². The number of aromatic nitrogens is 4. The van der Waals surface area contributed by atoms with Crippen molar-refractivity contribution < 1.29 is 17.9 Å². The van der Waals surface area contributed by atoms with E-state index in [0.717, 1.165) is 31.6 Å². The molecule has 2 atom stereocenters. The number of alkyl halides is 1. The van der Waals surface area contributed by atoms with Crippen molar-refractivity contribution in [3.63, 3.8) is 0 Å². The minimum Gasteiger partial charge on any atom is -0.477 e. The van der Waals surface area contributed by atoms with Gasteiger partial charge in [0.1, 0.15) is 14.5 Å². The molecule has 11 nitrogen and oxygen atoms in total. The molecule has 3 aliphatic rings. The fourth-order valence-corrected chi connectivity index (χ4v) is 8.39. The quantitative estimate of drug-likeness (QED) is 0.147. The highest BCUT2D eigenvalue weighted by molar-refractivity contribution is 14.1. The third kappa shape index (κ3) is 6.49. The maximum atomic E-state index is 13.5. The van der Waals surface area contributed by atoms with Gasteiger partial charge in [-0.3, -0.25) is 4.79 Å². The van der Waals surface area contributed by atoms with E-state index in [1.165, 1.54) is 31.7 Å². The summed E-state index contributed by atoms with van der Waals surface area (Å²) in [5.74, 6) is 2.03. The predicted molar refractivity (Wildman–Crippen MR) is 171 cm³/mol. The van der Waals surface area contributed by atoms with Gasteiger partial charge < -0.3 is 15.0 Å². The summed E-state index contributed by atoms with van der Waals surface area (Å²) in [4.78, 5) is 24.6. The van der Waals surface area contributed by atoms with Crippen molar-refractivity contribution in [3.05, 3.63) is 48.2 Å². The Morgan fingerprint density at radius 3 is 2.76 bits per heavy atom. The van der Waals surface area contributed by atoms with E-state index in [4.69, 9.17) is 22.3 Å². The van der Waals surface area contributed by atoms with Gasteiger partial charge in [-0.25, -0.2) is 19.4 Å². The molecule has 1 saturated heterocycles. The Morgan fingerprint density at radius 1 is 1.10 bits per heavy atom. The summed E-state index contributed by atoms with van der Waals surface area (Å²) in [7, 11) is -4.24. The van der Waals surface area contributed by atoms with Crippen LogP contribution in [0.1, 0.15) is 61.7 Å². The standard InChI is InChI=1S/C28H34IN7O4S2/c29-28(41)17-20-7-4-14-30-22-8-3-9-25(31-22)42(38,39)34-27(37)21-10-11-23(32-26(21)35(28)18-20)36-15-12-24(33-36)40-16-13-19-5-1-2-6-19/h3,8-12,15,19-20,41H,1-2,4-7,13-14,16-18H2,(H,30,31)(H,34,37)/t20-,28?/m0/s1. The number of halogens is 1. The first-order valence-electron chi connectivity index (χ1n) is 14.3. The van der Waals surface area contributed by atoms with E-state index < -0.39 is 18.8 Å². The van der Waals surface area contributed by atoms with Crippen molar-refractivity contribution in [2.75, 3.05) is 29.9 Å². The molecule has 0 radical (unpaired) electrons. The molecule has 42 heavy (non-hydrogen) atoms. The second kappa shape index (κ2) is 12.2. The summed E-state index contributed by atoms with van der Waals surface area (Å²) in [6.45, 7) is 1.88. The van der Waals surface area contributed by atoms with Gasteiger partial charge in [0, 0.05) is 25.4 Å². The molecule has 3 aromatic heterocycles. The fourth-order valence-electron chi connectivity index (χ4n) is 5.97. The van der Waals surface area contributed by atoms with Crippen molar-refractivity contribution in [3.8, 4) is 11.7 Å². The van der Waals surface area contributed by atoms with Crippen LogP contribution in [0.5, 0.6) is 5.88 Å². The SMILES string of the molecule is O=C1NS(=O)(=O)c2cccc(n2)NCCC[C@@H]2CN(c3nc(-n4ccc(OCCC5CCCC5)n4)ccc31)C(S)(I)C2. The van der Waals surface area contributed by atoms with Gasteiger partial charge >= 0.3 is 0 Å². The lowest BCUT2D eigenvalue weighted by Crippen LogP contribution is -2.38. The molecule has 5 heterocycles. The third-order valence-electron chi connectivity index (χ3n) is 8.13. The van der Waals surface area contributed by atoms with Crippen molar-refractivity contribution in [1.82, 2.24) is 24.5 Å². The number of amides is 1. The predicted octanol–water partition coefficient (Wildman–Crippen LogP) is 4.79. The van der Waals surface area contributed by atoms with Gasteiger partial charge in [0.15, 0.2) is 10.8 Å². The molecule has 1 amide bonds. The number of pyridine rings is 2. The Bertz CT molecular complexity index is 1560. The highest BCUT2D eigenvalue weighted by Gasteiger charge is 2.43. The van der Waals surface area contributed by atoms with Gasteiger partial charge in [-0.15, -0.1) is 17.7 Å². The van der Waals surface area contributed by atoms with E-state index in [1.54, 1.807) is 41.2 Å². The smallest absolute Gasteiger partial charge is 0.281 e. The Labute approximate surface area is 264 Å². The monoisotopic (exact) mass is 723 g/mol. The zero-order valence-corrected chi connectivity index (χ0v) is 26.9. The second-order valence-corrected chi connectivity index (χ2v) is 16.2. The first kappa shape index (κ1) is 29.5. The average Bonchev–Trinajstić information content (AvgIpc) is 3.71. The molecule has 14 heteroatoms. The van der Waals surface area contributed by atoms with Gasteiger partial charge in [-0.1, -0.05) is 31.7 Å². The van der Waals surface area contributed by atoms with Crippen molar-refractivity contribution >= 4 is 62.8 Å². The van der Waals surface area contributed by atoms with E-state index in [2.05, 4.69) is 42.7 Å². The van der Waals surface area contributed by atoms with E-state index in [9.17, 15) is 13.2 Å². The zero-order chi connectivity index (χ0) is 29.3. The molecule has 224 valence electrons. The van der Waals surface area contributed by atoms with Crippen LogP contribution in [0.15, 0.2) is 47.6 Å². The van der Waals surface area contributed by atoms with Crippen LogP contribution >= 0.6 is 35.2 Å². The van der Waals surface area contributed by atoms with Crippen LogP contribution in [-0.2, 0) is 10.0 Å². The molecule has 0 aromatic carbocycles. The van der Waals surface area contributed by atoms with Crippen LogP contribution < -0.4 is 19.7 Å². The summed E-state index contributed by atoms with van der Waals surface area (Å²) >= 11 is 7.25. The van der Waals surface area contributed by atoms with Gasteiger partial charge in [0.25, 0.3) is 15.9 Å². The normalized spacial score (nSPS) is 24.3. The zero-order valence-electron chi connectivity index (χ0n) is 23.1. The molecule has 4 bridgehead atoms. The summed E-state index contributed by atoms with van der Waals surface area (Å²) < 4.78 is 35.4. The Morgan fingerprint density at radius 2 is 1.93 bits per heavy atom. The van der Waals surface area contributed by atoms with Crippen LogP contribution in [0.25, 0.3) is 5.82 Å². The highest BCUT2D eigenvalue weighted by Crippen LogP contribution is 2.46. The maximum Gasteiger partial charge on any atom is 0.281 e. The van der Waals surface area contributed by atoms with Crippen LogP contribution in [0.4, 0.5) is 11.6 Å². The molecule has 2 N–H and O–H groups in total. The number of sulfonamides is 1. The van der Waals surface area contributed by atoms with Gasteiger partial charge in [-0.05, 0) is 84.4 Å². The number of nitrogens with one attached hydrogen (secondary N) is 2. The van der Waals surface area contributed by atoms with Crippen LogP contribution in [-0.4, -0.2) is 56.6 Å². The maximum absolute atomic E-state index is 13.5. The third-order valence-corrected chi connectivity index (χ3v) is 10.8. The molecular formula is C28H34IN7O4S2. The topological polar surface area (TPSA) is 131 Å². The average molecular weight is 724 g/mol. The number of rotatable bonds is 5. The summed E-state index contributed by atoms with van der Waals surface area (Å²) in [6, 6.07) is 9.71. The number of carbonyl (C=O) groups excluding carboxylic acids is 1. The first-order chi connectivity index (χ1) is 20.2. The van der Waals surface area contributed by atoms with Gasteiger partial charge in [0.2, 0.25) is 5.88 Å². The van der Waals surface area contributed by atoms with Crippen LogP contribution in [0.2, 0.25) is 0 Å². The van der Waals surface area contributed by atoms with Crippen molar-refractivity contribution in [1.29, 1.82) is 0 Å². The molecule has 6 rings (SSSR count). The second-order valence-electron chi connectivity index (χ2n) is 11.2. The summed E-state index contributed by atoms with van der Waals surface area (Å²) in [6.07, 6.45) is 10.5. The number of fused-ring (bicyclic) bond motifs is 6. The van der Waals surface area contributed by atoms with E-state index in [1.807, 2.05) is 4.90 Å². The molecule has 2 aliphatic heterocycles. The largest absolute Gasteiger partial charge is 0.477 e. The van der Waals surface area contributed by atoms with Crippen LogP contribution in [0.3, 0.4) is 0 Å². The van der Waals surface area contributed by atoms with Crippen LogP contribution in [0, 0.1) is 11.8 Å². The number of ether oxygens (including phenoxy) is 1. The first-order valence-corrected chi connectivity index (χ1v) is 17.4. The molecular weight excluding hydrogens is 689 g/mol. The lowest BCUT2D eigenvalue weighted by Gasteiger charge is -2.31. The minimum absolute atomic E-state index is 0.127. The number of hydrogen-bond acceptors (Lipinski definition) is 10. The van der Waals surface area contributed by atoms with E-state index >= 15 is 0 Å². The van der Waals surface area contributed by atoms with Crippen molar-refractivity contribution in [2.45, 2.75) is 59.3 Å². The van der Waals surface area contributed by atoms with E-state index in [0.29, 0.717) is 48.9 Å². The number of anilines is 2. The number of thiol groups is 1. The molecule has 3 aromatic rings. The molecule has 1 unspecified atom stereocenters. The summed E-state index contributed by atoms with van der Waals surface area (Å²) in [5, 5.41) is 7.52. The molecule has 2 fully saturated rings. The molecule has 0 spiro atoms. The Kier molecular flexibility index (Phi) is 8.56. The Hall–Kier alpha value is -2.59. The van der Waals surface area contributed by atoms with Crippen molar-refractivity contribution in [2.24, 2.45) is 11.8 Å².